The third kappa shape index (κ3) is 1.07. The number of piperidine rings is 1. The summed E-state index contributed by atoms with van der Waals surface area (Å²) in [5, 5.41) is 0. The quantitative estimate of drug-likeness (QED) is 0.573. The predicted octanol–water partition coefficient (Wildman–Crippen LogP) is 2.40. The van der Waals surface area contributed by atoms with Crippen molar-refractivity contribution in [2.24, 2.45) is 11.8 Å². The average molecular weight is 163 g/mol. The van der Waals surface area contributed by atoms with Crippen LogP contribution in [-0.2, 0) is 0 Å². The van der Waals surface area contributed by atoms with E-state index in [0.717, 1.165) is 11.8 Å². The third-order valence-corrected chi connectivity index (χ3v) is 3.70. The molecule has 1 heteroatoms. The Bertz CT molecular complexity index is 215. The normalized spacial score (nSPS) is 34.8. The zero-order valence-electron chi connectivity index (χ0n) is 7.63. The van der Waals surface area contributed by atoms with Gasteiger partial charge in [0.15, 0.2) is 0 Å². The first-order chi connectivity index (χ1) is 5.93. The van der Waals surface area contributed by atoms with E-state index >= 15 is 0 Å². The maximum atomic E-state index is 2.63. The Morgan fingerprint density at radius 2 is 2.08 bits per heavy atom. The summed E-state index contributed by atoms with van der Waals surface area (Å²) < 4.78 is 0. The molecule has 1 unspecified atom stereocenters. The Labute approximate surface area is 74.4 Å². The smallest absolute Gasteiger partial charge is 0.0210 e. The van der Waals surface area contributed by atoms with Gasteiger partial charge in [-0.25, -0.2) is 0 Å². The van der Waals surface area contributed by atoms with Gasteiger partial charge in [0.2, 0.25) is 0 Å². The van der Waals surface area contributed by atoms with Gasteiger partial charge in [-0.15, -0.1) is 0 Å². The largest absolute Gasteiger partial charge is 0.374 e. The highest BCUT2D eigenvalue weighted by Gasteiger charge is 2.35. The van der Waals surface area contributed by atoms with Crippen molar-refractivity contribution in [1.82, 2.24) is 4.90 Å². The van der Waals surface area contributed by atoms with E-state index in [1.54, 1.807) is 5.70 Å². The lowest BCUT2D eigenvalue weighted by molar-refractivity contribution is 0.225. The summed E-state index contributed by atoms with van der Waals surface area (Å²) in [5.74, 6) is 2.17. The molecule has 0 spiro atoms. The van der Waals surface area contributed by atoms with Gasteiger partial charge in [0, 0.05) is 18.8 Å². The summed E-state index contributed by atoms with van der Waals surface area (Å²) in [6.07, 6.45) is 9.67. The number of hydrogen-bond acceptors (Lipinski definition) is 1. The van der Waals surface area contributed by atoms with Crippen molar-refractivity contribution in [3.8, 4) is 0 Å². The first-order valence-corrected chi connectivity index (χ1v) is 5.37. The molecule has 1 nitrogen and oxygen atoms in total. The van der Waals surface area contributed by atoms with Gasteiger partial charge in [0.05, 0.1) is 0 Å². The number of allylic oxidation sites excluding steroid dienone is 1. The molecule has 1 atom stereocenters. The number of nitrogens with zero attached hydrogens (tertiary/aromatic N) is 1. The molecule has 1 saturated heterocycles. The summed E-state index contributed by atoms with van der Waals surface area (Å²) >= 11 is 0. The fraction of sp³-hybridized carbons (Fsp3) is 0.818. The van der Waals surface area contributed by atoms with Crippen molar-refractivity contribution < 1.29 is 0 Å². The summed E-state index contributed by atoms with van der Waals surface area (Å²) in [7, 11) is 0. The van der Waals surface area contributed by atoms with E-state index in [0.29, 0.717) is 0 Å². The SMILES string of the molecule is C1=C2CCC(C3CC3)CN2CC1. The second kappa shape index (κ2) is 2.51. The molecular weight excluding hydrogens is 146 g/mol. The Kier molecular flexibility index (Phi) is 1.46. The molecule has 66 valence electrons. The van der Waals surface area contributed by atoms with Crippen molar-refractivity contribution in [3.63, 3.8) is 0 Å². The van der Waals surface area contributed by atoms with Crippen LogP contribution in [0.25, 0.3) is 0 Å². The molecule has 2 heterocycles. The van der Waals surface area contributed by atoms with Crippen LogP contribution < -0.4 is 0 Å². The van der Waals surface area contributed by atoms with Gasteiger partial charge in [-0.2, -0.15) is 0 Å². The molecule has 0 N–H and O–H groups in total. The Morgan fingerprint density at radius 1 is 1.17 bits per heavy atom. The van der Waals surface area contributed by atoms with E-state index in [-0.39, 0.29) is 0 Å². The Hall–Kier alpha value is -0.460. The molecule has 2 fully saturated rings. The molecule has 0 aromatic rings. The molecule has 3 aliphatic rings. The van der Waals surface area contributed by atoms with Gasteiger partial charge < -0.3 is 4.90 Å². The molecular formula is C11H17N. The lowest BCUT2D eigenvalue weighted by Gasteiger charge is -2.33. The van der Waals surface area contributed by atoms with Gasteiger partial charge in [-0.1, -0.05) is 6.08 Å². The maximum absolute atomic E-state index is 2.63. The molecule has 12 heavy (non-hydrogen) atoms. The van der Waals surface area contributed by atoms with E-state index in [4.69, 9.17) is 0 Å². The lowest BCUT2D eigenvalue weighted by Crippen LogP contribution is -2.32. The Morgan fingerprint density at radius 3 is 2.92 bits per heavy atom. The molecule has 0 aromatic carbocycles. The van der Waals surface area contributed by atoms with E-state index in [1.807, 2.05) is 0 Å². The van der Waals surface area contributed by atoms with Crippen LogP contribution in [0, 0.1) is 11.8 Å². The minimum atomic E-state index is 1.06. The van der Waals surface area contributed by atoms with Crippen molar-refractivity contribution in [1.29, 1.82) is 0 Å². The van der Waals surface area contributed by atoms with Crippen LogP contribution in [0.4, 0.5) is 0 Å². The fourth-order valence-electron chi connectivity index (χ4n) is 2.79. The first-order valence-electron chi connectivity index (χ1n) is 5.37. The Balaban J connectivity index is 1.69. The van der Waals surface area contributed by atoms with Gasteiger partial charge in [-0.05, 0) is 43.9 Å². The molecule has 1 aliphatic carbocycles. The predicted molar refractivity (Wildman–Crippen MR) is 49.7 cm³/mol. The molecule has 3 rings (SSSR count). The van der Waals surface area contributed by atoms with Crippen LogP contribution in [0.2, 0.25) is 0 Å². The van der Waals surface area contributed by atoms with Crippen molar-refractivity contribution in [2.75, 3.05) is 13.1 Å². The number of fused-ring (bicyclic) bond motifs is 1. The van der Waals surface area contributed by atoms with E-state index < -0.39 is 0 Å². The minimum absolute atomic E-state index is 1.06. The molecule has 1 saturated carbocycles. The minimum Gasteiger partial charge on any atom is -0.374 e. The highest BCUT2D eigenvalue weighted by Crippen LogP contribution is 2.43. The van der Waals surface area contributed by atoms with Crippen LogP contribution in [0.5, 0.6) is 0 Å². The van der Waals surface area contributed by atoms with Crippen LogP contribution in [0.15, 0.2) is 11.8 Å². The highest BCUT2D eigenvalue weighted by atomic mass is 15.2. The molecule has 0 bridgehead atoms. The van der Waals surface area contributed by atoms with E-state index in [2.05, 4.69) is 11.0 Å². The second-order valence-corrected chi connectivity index (χ2v) is 4.57. The summed E-state index contributed by atoms with van der Waals surface area (Å²) in [4.78, 5) is 2.63. The summed E-state index contributed by atoms with van der Waals surface area (Å²) in [5.41, 5.74) is 1.66. The summed E-state index contributed by atoms with van der Waals surface area (Å²) in [6.45, 7) is 2.70. The molecule has 0 radical (unpaired) electrons. The molecule has 0 amide bonds. The highest BCUT2D eigenvalue weighted by molar-refractivity contribution is 5.11. The van der Waals surface area contributed by atoms with Crippen LogP contribution in [0.1, 0.15) is 32.1 Å². The van der Waals surface area contributed by atoms with Crippen LogP contribution in [0.3, 0.4) is 0 Å². The summed E-state index contributed by atoms with van der Waals surface area (Å²) in [6, 6.07) is 0. The maximum Gasteiger partial charge on any atom is 0.0210 e. The lowest BCUT2D eigenvalue weighted by atomic mass is 9.92. The number of rotatable bonds is 1. The fourth-order valence-corrected chi connectivity index (χ4v) is 2.79. The van der Waals surface area contributed by atoms with Crippen LogP contribution in [-0.4, -0.2) is 18.0 Å². The number of hydrogen-bond donors (Lipinski definition) is 0. The van der Waals surface area contributed by atoms with Crippen molar-refractivity contribution >= 4 is 0 Å². The standard InChI is InChI=1S/C11H17N/c1-2-11-6-5-10(9-3-4-9)8-12(11)7-1/h2,9-10H,1,3-8H2. The molecule has 2 aliphatic heterocycles. The average Bonchev–Trinajstić information content (AvgIpc) is 2.84. The van der Waals surface area contributed by atoms with Crippen molar-refractivity contribution in [2.45, 2.75) is 32.1 Å². The third-order valence-electron chi connectivity index (χ3n) is 3.70. The van der Waals surface area contributed by atoms with Gasteiger partial charge >= 0.3 is 0 Å². The van der Waals surface area contributed by atoms with Gasteiger partial charge in [0.1, 0.15) is 0 Å². The van der Waals surface area contributed by atoms with E-state index in [9.17, 15) is 0 Å². The first kappa shape index (κ1) is 6.99. The van der Waals surface area contributed by atoms with Gasteiger partial charge in [-0.3, -0.25) is 0 Å². The van der Waals surface area contributed by atoms with Gasteiger partial charge in [0.25, 0.3) is 0 Å². The zero-order chi connectivity index (χ0) is 7.97. The second-order valence-electron chi connectivity index (χ2n) is 4.57. The van der Waals surface area contributed by atoms with Crippen molar-refractivity contribution in [3.05, 3.63) is 11.8 Å². The van der Waals surface area contributed by atoms with Crippen LogP contribution >= 0.6 is 0 Å². The topological polar surface area (TPSA) is 3.24 Å². The molecule has 0 aromatic heterocycles. The monoisotopic (exact) mass is 163 g/mol. The zero-order valence-corrected chi connectivity index (χ0v) is 7.63. The van der Waals surface area contributed by atoms with E-state index in [1.165, 1.54) is 45.2 Å².